The molecule has 0 saturated heterocycles. The Hall–Kier alpha value is -0.590. The first kappa shape index (κ1) is 10.5. The molecule has 3 nitrogen and oxygen atoms in total. The molecule has 0 aliphatic heterocycles. The van der Waals surface area contributed by atoms with Gasteiger partial charge in [0.2, 0.25) is 0 Å². The van der Waals surface area contributed by atoms with Gasteiger partial charge in [-0.1, -0.05) is 13.3 Å². The Morgan fingerprint density at radius 2 is 2.38 bits per heavy atom. The van der Waals surface area contributed by atoms with Crippen LogP contribution in [-0.2, 0) is 0 Å². The second-order valence-corrected chi connectivity index (χ2v) is 4.10. The number of nitrogens with zero attached hydrogens (tertiary/aromatic N) is 1. The van der Waals surface area contributed by atoms with E-state index < -0.39 is 6.10 Å². The first-order chi connectivity index (χ1) is 6.14. The van der Waals surface area contributed by atoms with Crippen LogP contribution < -0.4 is 0 Å². The van der Waals surface area contributed by atoms with Gasteiger partial charge in [-0.25, -0.2) is 0 Å². The lowest BCUT2D eigenvalue weighted by Gasteiger charge is -2.27. The van der Waals surface area contributed by atoms with Crippen molar-refractivity contribution in [3.8, 4) is 6.07 Å². The van der Waals surface area contributed by atoms with Crippen LogP contribution in [0.4, 0.5) is 0 Å². The highest BCUT2D eigenvalue weighted by atomic mass is 16.3. The van der Waals surface area contributed by atoms with Crippen LogP contribution in [0.5, 0.6) is 0 Å². The molecule has 74 valence electrons. The third-order valence-corrected chi connectivity index (χ3v) is 3.24. The highest BCUT2D eigenvalue weighted by Crippen LogP contribution is 2.45. The Labute approximate surface area is 79.0 Å². The summed E-state index contributed by atoms with van der Waals surface area (Å²) in [5, 5.41) is 27.2. The van der Waals surface area contributed by atoms with Crippen LogP contribution in [-0.4, -0.2) is 22.9 Å². The quantitative estimate of drug-likeness (QED) is 0.687. The Balaban J connectivity index is 2.65. The summed E-state index contributed by atoms with van der Waals surface area (Å²) in [6.07, 6.45) is 2.67. The maximum absolute atomic E-state index is 9.33. The van der Waals surface area contributed by atoms with Crippen LogP contribution in [0, 0.1) is 22.7 Å². The van der Waals surface area contributed by atoms with Gasteiger partial charge < -0.3 is 10.2 Å². The first-order valence-corrected chi connectivity index (χ1v) is 4.85. The normalized spacial score (nSPS) is 35.7. The standard InChI is InChI=1S/C10H17NO2/c1-8-3-2-4-10(8,7-11)5-9(13)6-12/h8-9,12-13H,2-6H2,1H3. The zero-order valence-electron chi connectivity index (χ0n) is 8.03. The molecule has 0 radical (unpaired) electrons. The molecule has 1 aliphatic carbocycles. The second kappa shape index (κ2) is 4.08. The van der Waals surface area contributed by atoms with Crippen molar-refractivity contribution in [2.45, 2.75) is 38.7 Å². The molecule has 0 heterocycles. The largest absolute Gasteiger partial charge is 0.394 e. The van der Waals surface area contributed by atoms with E-state index in [1.807, 2.05) is 0 Å². The van der Waals surface area contributed by atoms with Crippen LogP contribution in [0.3, 0.4) is 0 Å². The molecule has 1 rings (SSSR count). The maximum Gasteiger partial charge on any atom is 0.0786 e. The lowest BCUT2D eigenvalue weighted by atomic mass is 9.76. The zero-order chi connectivity index (χ0) is 9.90. The molecule has 3 heteroatoms. The van der Waals surface area contributed by atoms with Gasteiger partial charge in [0.25, 0.3) is 0 Å². The summed E-state index contributed by atoms with van der Waals surface area (Å²) in [7, 11) is 0. The SMILES string of the molecule is CC1CCCC1(C#N)CC(O)CO. The van der Waals surface area contributed by atoms with Crippen molar-refractivity contribution in [3.05, 3.63) is 0 Å². The van der Waals surface area contributed by atoms with Gasteiger partial charge in [0.15, 0.2) is 0 Å². The van der Waals surface area contributed by atoms with Crippen molar-refractivity contribution in [1.29, 1.82) is 5.26 Å². The predicted octanol–water partition coefficient (Wildman–Crippen LogP) is 1.06. The molecule has 0 bridgehead atoms. The van der Waals surface area contributed by atoms with E-state index in [-0.39, 0.29) is 12.0 Å². The van der Waals surface area contributed by atoms with Crippen LogP contribution in [0.1, 0.15) is 32.6 Å². The predicted molar refractivity (Wildman–Crippen MR) is 48.8 cm³/mol. The molecule has 3 unspecified atom stereocenters. The van der Waals surface area contributed by atoms with Crippen LogP contribution in [0.15, 0.2) is 0 Å². The van der Waals surface area contributed by atoms with Crippen LogP contribution in [0.2, 0.25) is 0 Å². The van der Waals surface area contributed by atoms with Gasteiger partial charge in [0.1, 0.15) is 0 Å². The monoisotopic (exact) mass is 183 g/mol. The molecule has 2 N–H and O–H groups in total. The third kappa shape index (κ3) is 2.01. The van der Waals surface area contributed by atoms with Crippen LogP contribution in [0.25, 0.3) is 0 Å². The molecule has 13 heavy (non-hydrogen) atoms. The number of hydrogen-bond donors (Lipinski definition) is 2. The molecule has 0 aromatic rings. The van der Waals surface area contributed by atoms with Crippen molar-refractivity contribution in [1.82, 2.24) is 0 Å². The minimum Gasteiger partial charge on any atom is -0.394 e. The Kier molecular flexibility index (Phi) is 3.29. The second-order valence-electron chi connectivity index (χ2n) is 4.10. The highest BCUT2D eigenvalue weighted by molar-refractivity contribution is 5.06. The Bertz CT molecular complexity index is 211. The number of aliphatic hydroxyl groups excluding tert-OH is 2. The lowest BCUT2D eigenvalue weighted by molar-refractivity contribution is 0.0532. The molecule has 0 aromatic carbocycles. The summed E-state index contributed by atoms with van der Waals surface area (Å²) < 4.78 is 0. The van der Waals surface area contributed by atoms with Gasteiger partial charge in [-0.15, -0.1) is 0 Å². The van der Waals surface area contributed by atoms with Gasteiger partial charge in [-0.05, 0) is 25.2 Å². The average Bonchev–Trinajstić information content (AvgIpc) is 2.48. The van der Waals surface area contributed by atoms with Crippen LogP contribution >= 0.6 is 0 Å². The van der Waals surface area contributed by atoms with Gasteiger partial charge in [0.05, 0.1) is 24.2 Å². The minimum absolute atomic E-state index is 0.240. The summed E-state index contributed by atoms with van der Waals surface area (Å²) >= 11 is 0. The molecule has 3 atom stereocenters. The zero-order valence-corrected chi connectivity index (χ0v) is 8.03. The smallest absolute Gasteiger partial charge is 0.0786 e. The number of aliphatic hydroxyl groups is 2. The van der Waals surface area contributed by atoms with Crippen molar-refractivity contribution in [2.75, 3.05) is 6.61 Å². The summed E-state index contributed by atoms with van der Waals surface area (Å²) in [5.41, 5.74) is -0.387. The van der Waals surface area contributed by atoms with E-state index in [4.69, 9.17) is 10.4 Å². The summed E-state index contributed by atoms with van der Waals surface area (Å²) in [5.74, 6) is 0.346. The van der Waals surface area contributed by atoms with E-state index in [2.05, 4.69) is 13.0 Å². The van der Waals surface area contributed by atoms with Crippen molar-refractivity contribution < 1.29 is 10.2 Å². The minimum atomic E-state index is -0.736. The summed E-state index contributed by atoms with van der Waals surface area (Å²) in [4.78, 5) is 0. The molecule has 0 aromatic heterocycles. The lowest BCUT2D eigenvalue weighted by Crippen LogP contribution is -2.29. The fourth-order valence-electron chi connectivity index (χ4n) is 2.25. The molecule has 1 aliphatic rings. The fraction of sp³-hybridized carbons (Fsp3) is 0.900. The van der Waals surface area contributed by atoms with Gasteiger partial charge in [-0.2, -0.15) is 5.26 Å². The topological polar surface area (TPSA) is 64.2 Å². The van der Waals surface area contributed by atoms with Gasteiger partial charge in [0, 0.05) is 0 Å². The van der Waals surface area contributed by atoms with E-state index in [0.717, 1.165) is 19.3 Å². The van der Waals surface area contributed by atoms with E-state index in [9.17, 15) is 5.11 Å². The Morgan fingerprint density at radius 3 is 2.77 bits per heavy atom. The molecular formula is C10H17NO2. The van der Waals surface area contributed by atoms with E-state index >= 15 is 0 Å². The fourth-order valence-corrected chi connectivity index (χ4v) is 2.25. The highest BCUT2D eigenvalue weighted by Gasteiger charge is 2.41. The molecular weight excluding hydrogens is 166 g/mol. The molecule has 0 spiro atoms. The number of nitriles is 1. The first-order valence-electron chi connectivity index (χ1n) is 4.85. The Morgan fingerprint density at radius 1 is 1.69 bits per heavy atom. The van der Waals surface area contributed by atoms with E-state index in [1.54, 1.807) is 0 Å². The van der Waals surface area contributed by atoms with Crippen molar-refractivity contribution in [3.63, 3.8) is 0 Å². The maximum atomic E-state index is 9.33. The van der Waals surface area contributed by atoms with Gasteiger partial charge >= 0.3 is 0 Å². The molecule has 1 fully saturated rings. The summed E-state index contributed by atoms with van der Waals surface area (Å²) in [6, 6.07) is 2.32. The van der Waals surface area contributed by atoms with Gasteiger partial charge in [-0.3, -0.25) is 0 Å². The number of hydrogen-bond acceptors (Lipinski definition) is 3. The van der Waals surface area contributed by atoms with E-state index in [0.29, 0.717) is 12.3 Å². The molecule has 0 amide bonds. The summed E-state index contributed by atoms with van der Waals surface area (Å²) in [6.45, 7) is 1.82. The van der Waals surface area contributed by atoms with E-state index in [1.165, 1.54) is 0 Å². The molecule has 1 saturated carbocycles. The number of rotatable bonds is 3. The van der Waals surface area contributed by atoms with Crippen molar-refractivity contribution in [2.24, 2.45) is 11.3 Å². The average molecular weight is 183 g/mol. The van der Waals surface area contributed by atoms with Crippen molar-refractivity contribution >= 4 is 0 Å². The third-order valence-electron chi connectivity index (χ3n) is 3.24.